The van der Waals surface area contributed by atoms with Crippen LogP contribution in [0.5, 0.6) is 5.75 Å². The van der Waals surface area contributed by atoms with Gasteiger partial charge in [-0.15, -0.1) is 11.6 Å². The maximum Gasteiger partial charge on any atom is 0.268 e. The van der Waals surface area contributed by atoms with Gasteiger partial charge in [0.15, 0.2) is 11.9 Å². The molecule has 1 heterocycles. The molecule has 4 nitrogen and oxygen atoms in total. The number of amides is 1. The molecule has 0 aliphatic carbocycles. The highest BCUT2D eigenvalue weighted by atomic mass is 35.5. The van der Waals surface area contributed by atoms with E-state index in [9.17, 15) is 9.59 Å². The Balaban J connectivity index is 2.11. The first-order valence-electron chi connectivity index (χ1n) is 8.72. The number of hydrogen-bond donors (Lipinski definition) is 0. The number of rotatable bonds is 5. The fourth-order valence-electron chi connectivity index (χ4n) is 3.20. The molecule has 0 fully saturated rings. The normalized spacial score (nSPS) is 17.7. The third kappa shape index (κ3) is 3.34. The van der Waals surface area contributed by atoms with E-state index in [4.69, 9.17) is 16.3 Å². The first-order valence-corrected chi connectivity index (χ1v) is 9.25. The summed E-state index contributed by atoms with van der Waals surface area (Å²) in [6, 6.07) is 14.8. The van der Waals surface area contributed by atoms with E-state index in [2.05, 4.69) is 0 Å². The van der Waals surface area contributed by atoms with Crippen molar-refractivity contribution in [1.82, 2.24) is 0 Å². The summed E-state index contributed by atoms with van der Waals surface area (Å²) in [6.45, 7) is 5.91. The molecule has 2 aromatic rings. The minimum absolute atomic E-state index is 0.0327. The van der Waals surface area contributed by atoms with E-state index in [1.54, 1.807) is 23.1 Å². The molecule has 0 aromatic heterocycles. The van der Waals surface area contributed by atoms with Gasteiger partial charge in [0.05, 0.1) is 17.6 Å². The van der Waals surface area contributed by atoms with Gasteiger partial charge in [-0.05, 0) is 36.6 Å². The fraction of sp³-hybridized carbons (Fsp3) is 0.333. The maximum absolute atomic E-state index is 13.2. The van der Waals surface area contributed by atoms with Crippen molar-refractivity contribution in [3.8, 4) is 5.75 Å². The molecule has 3 rings (SSSR count). The molecule has 1 aliphatic rings. The Bertz CT molecular complexity index is 819. The van der Waals surface area contributed by atoms with E-state index in [1.165, 1.54) is 0 Å². The minimum Gasteiger partial charge on any atom is -0.478 e. The molecule has 1 amide bonds. The van der Waals surface area contributed by atoms with Crippen molar-refractivity contribution in [1.29, 1.82) is 0 Å². The van der Waals surface area contributed by atoms with Crippen LogP contribution in [0.1, 0.15) is 42.7 Å². The number of fused-ring (bicyclic) bond motifs is 1. The highest BCUT2D eigenvalue weighted by Crippen LogP contribution is 2.41. The zero-order valence-electron chi connectivity index (χ0n) is 15.1. The third-order valence-corrected chi connectivity index (χ3v) is 4.91. The van der Waals surface area contributed by atoms with Crippen LogP contribution >= 0.6 is 11.6 Å². The van der Waals surface area contributed by atoms with Crippen molar-refractivity contribution in [2.45, 2.75) is 32.9 Å². The molecule has 0 spiro atoms. The number of alkyl halides is 1. The standard InChI is InChI=1S/C21H22ClNO3/c1-13(2)20-21(25)23(14(3)15-7-5-4-6-8-15)17-11-16(18(24)12-22)9-10-19(17)26-20/h4-11,13-14,20H,12H2,1-3H3. The number of Topliss-reactive ketones (excluding diaryl/α,β-unsaturated/α-hetero) is 1. The van der Waals surface area contributed by atoms with E-state index in [-0.39, 0.29) is 29.5 Å². The predicted octanol–water partition coefficient (Wildman–Crippen LogP) is 4.62. The first kappa shape index (κ1) is 18.5. The summed E-state index contributed by atoms with van der Waals surface area (Å²) in [5.41, 5.74) is 2.10. The maximum atomic E-state index is 13.2. The van der Waals surface area contributed by atoms with E-state index in [1.807, 2.05) is 51.1 Å². The van der Waals surface area contributed by atoms with Crippen LogP contribution < -0.4 is 9.64 Å². The van der Waals surface area contributed by atoms with Crippen molar-refractivity contribution < 1.29 is 14.3 Å². The largest absolute Gasteiger partial charge is 0.478 e. The van der Waals surface area contributed by atoms with Gasteiger partial charge in [0.1, 0.15) is 5.75 Å². The molecule has 0 radical (unpaired) electrons. The average molecular weight is 372 g/mol. The fourth-order valence-corrected chi connectivity index (χ4v) is 3.35. The van der Waals surface area contributed by atoms with Crippen LogP contribution in [0.25, 0.3) is 0 Å². The summed E-state index contributed by atoms with van der Waals surface area (Å²) < 4.78 is 5.95. The number of hydrogen-bond acceptors (Lipinski definition) is 3. The Morgan fingerprint density at radius 3 is 2.46 bits per heavy atom. The summed E-state index contributed by atoms with van der Waals surface area (Å²) in [4.78, 5) is 26.9. The predicted molar refractivity (Wildman–Crippen MR) is 103 cm³/mol. The highest BCUT2D eigenvalue weighted by molar-refractivity contribution is 6.30. The summed E-state index contributed by atoms with van der Waals surface area (Å²) in [6.07, 6.45) is -0.553. The number of carbonyl (C=O) groups excluding carboxylic acids is 2. The topological polar surface area (TPSA) is 46.6 Å². The second-order valence-corrected chi connectivity index (χ2v) is 7.08. The molecule has 0 bridgehead atoms. The zero-order chi connectivity index (χ0) is 18.8. The van der Waals surface area contributed by atoms with Crippen LogP contribution in [0, 0.1) is 5.92 Å². The number of anilines is 1. The van der Waals surface area contributed by atoms with E-state index >= 15 is 0 Å². The minimum atomic E-state index is -0.553. The van der Waals surface area contributed by atoms with Crippen molar-refractivity contribution in [3.63, 3.8) is 0 Å². The van der Waals surface area contributed by atoms with Gasteiger partial charge >= 0.3 is 0 Å². The Morgan fingerprint density at radius 2 is 1.85 bits per heavy atom. The van der Waals surface area contributed by atoms with Crippen LogP contribution in [0.2, 0.25) is 0 Å². The quantitative estimate of drug-likeness (QED) is 0.569. The van der Waals surface area contributed by atoms with Gasteiger partial charge in [0.25, 0.3) is 5.91 Å². The summed E-state index contributed by atoms with van der Waals surface area (Å²) in [5.74, 6) is 0.262. The van der Waals surface area contributed by atoms with E-state index in [0.29, 0.717) is 17.0 Å². The number of ether oxygens (including phenoxy) is 1. The van der Waals surface area contributed by atoms with Gasteiger partial charge < -0.3 is 4.74 Å². The molecule has 0 saturated carbocycles. The monoisotopic (exact) mass is 371 g/mol. The number of halogens is 1. The van der Waals surface area contributed by atoms with Gasteiger partial charge in [0.2, 0.25) is 0 Å². The van der Waals surface area contributed by atoms with Crippen LogP contribution in [0.3, 0.4) is 0 Å². The van der Waals surface area contributed by atoms with Crippen molar-refractivity contribution in [2.75, 3.05) is 10.8 Å². The average Bonchev–Trinajstić information content (AvgIpc) is 2.66. The van der Waals surface area contributed by atoms with Gasteiger partial charge in [-0.1, -0.05) is 44.2 Å². The lowest BCUT2D eigenvalue weighted by atomic mass is 9.98. The second-order valence-electron chi connectivity index (χ2n) is 6.82. The molecule has 26 heavy (non-hydrogen) atoms. The van der Waals surface area contributed by atoms with Crippen molar-refractivity contribution in [3.05, 3.63) is 59.7 Å². The lowest BCUT2D eigenvalue weighted by Crippen LogP contribution is -2.49. The zero-order valence-corrected chi connectivity index (χ0v) is 15.9. The number of carbonyl (C=O) groups is 2. The van der Waals surface area contributed by atoms with Crippen molar-refractivity contribution >= 4 is 29.0 Å². The molecule has 0 saturated heterocycles. The summed E-state index contributed by atoms with van der Waals surface area (Å²) in [5, 5.41) is 0. The molecule has 0 N–H and O–H groups in total. The highest BCUT2D eigenvalue weighted by Gasteiger charge is 2.39. The Morgan fingerprint density at radius 1 is 1.15 bits per heavy atom. The Hall–Kier alpha value is -2.33. The van der Waals surface area contributed by atoms with Gasteiger partial charge in [-0.25, -0.2) is 0 Å². The van der Waals surface area contributed by atoms with Crippen molar-refractivity contribution in [2.24, 2.45) is 5.92 Å². The molecular weight excluding hydrogens is 350 g/mol. The molecule has 1 aliphatic heterocycles. The molecule has 2 unspecified atom stereocenters. The van der Waals surface area contributed by atoms with Gasteiger partial charge in [-0.2, -0.15) is 0 Å². The molecule has 2 atom stereocenters. The number of benzene rings is 2. The first-order chi connectivity index (χ1) is 12.4. The van der Waals surface area contributed by atoms with Crippen LogP contribution in [0.15, 0.2) is 48.5 Å². The molecule has 5 heteroatoms. The number of nitrogens with zero attached hydrogens (tertiary/aromatic N) is 1. The Kier molecular flexibility index (Phi) is 5.33. The lowest BCUT2D eigenvalue weighted by molar-refractivity contribution is -0.128. The lowest BCUT2D eigenvalue weighted by Gasteiger charge is -2.39. The molecule has 136 valence electrons. The third-order valence-electron chi connectivity index (χ3n) is 4.67. The van der Waals surface area contributed by atoms with Crippen LogP contribution in [0.4, 0.5) is 5.69 Å². The van der Waals surface area contributed by atoms with Crippen LogP contribution in [-0.4, -0.2) is 23.7 Å². The van der Waals surface area contributed by atoms with E-state index < -0.39 is 6.10 Å². The van der Waals surface area contributed by atoms with E-state index in [0.717, 1.165) is 5.56 Å². The van der Waals surface area contributed by atoms with Crippen LogP contribution in [-0.2, 0) is 4.79 Å². The molecule has 2 aromatic carbocycles. The Labute approximate surface area is 158 Å². The SMILES string of the molecule is CC(C)C1Oc2ccc(C(=O)CCl)cc2N(C(C)c2ccccc2)C1=O. The summed E-state index contributed by atoms with van der Waals surface area (Å²) in [7, 11) is 0. The molecular formula is C21H22ClNO3. The smallest absolute Gasteiger partial charge is 0.268 e. The van der Waals surface area contributed by atoms with Gasteiger partial charge in [-0.3, -0.25) is 14.5 Å². The second kappa shape index (κ2) is 7.50. The number of ketones is 1. The summed E-state index contributed by atoms with van der Waals surface area (Å²) >= 11 is 5.70. The van der Waals surface area contributed by atoms with Gasteiger partial charge in [0, 0.05) is 5.56 Å².